The van der Waals surface area contributed by atoms with Crippen LogP contribution in [0.5, 0.6) is 0 Å². The van der Waals surface area contributed by atoms with Gasteiger partial charge in [0.15, 0.2) is 0 Å². The zero-order chi connectivity index (χ0) is 12.3. The number of nitrogen functional groups attached to an aromatic ring is 1. The molecule has 0 radical (unpaired) electrons. The van der Waals surface area contributed by atoms with Crippen LogP contribution >= 0.6 is 0 Å². The molecule has 0 spiro atoms. The molecule has 0 amide bonds. The molecule has 0 aliphatic heterocycles. The number of nitrogens with two attached hydrogens (primary N) is 1. The molecule has 0 saturated carbocycles. The van der Waals surface area contributed by atoms with Gasteiger partial charge in [-0.15, -0.1) is 0 Å². The molecule has 4 heteroatoms. The third-order valence-corrected chi connectivity index (χ3v) is 2.68. The van der Waals surface area contributed by atoms with Crippen LogP contribution in [0.2, 0.25) is 0 Å². The van der Waals surface area contributed by atoms with Gasteiger partial charge in [-0.05, 0) is 39.0 Å². The Morgan fingerprint density at radius 2 is 2.12 bits per heavy atom. The molecule has 4 nitrogen and oxygen atoms in total. The molecule has 0 heterocycles. The lowest BCUT2D eigenvalue weighted by Gasteiger charge is -2.31. The molecule has 0 fully saturated rings. The highest BCUT2D eigenvalue weighted by atomic mass is 16.3. The second kappa shape index (κ2) is 4.42. The average molecular weight is 219 g/mol. The Balaban J connectivity index is 3.02. The molecule has 1 atom stereocenters. The van der Waals surface area contributed by atoms with Crippen molar-refractivity contribution in [1.82, 2.24) is 0 Å². The summed E-state index contributed by atoms with van der Waals surface area (Å²) < 4.78 is 0. The minimum atomic E-state index is -0.530. The standard InChI is InChI=1S/C12H17N3O/c1-8(16)12(2,3)15-11-6-9(7-13)4-5-10(11)14/h4-6,8,15-16H,14H2,1-3H3. The molecule has 1 rings (SSSR count). The Morgan fingerprint density at radius 1 is 1.50 bits per heavy atom. The molecule has 1 aromatic carbocycles. The van der Waals surface area contributed by atoms with E-state index in [1.165, 1.54) is 0 Å². The van der Waals surface area contributed by atoms with Gasteiger partial charge >= 0.3 is 0 Å². The largest absolute Gasteiger partial charge is 0.397 e. The number of hydrogen-bond acceptors (Lipinski definition) is 4. The zero-order valence-electron chi connectivity index (χ0n) is 9.78. The number of nitriles is 1. The smallest absolute Gasteiger partial charge is 0.0992 e. The predicted molar refractivity (Wildman–Crippen MR) is 65.0 cm³/mol. The SMILES string of the molecule is CC(O)C(C)(C)Nc1cc(C#N)ccc1N. The first kappa shape index (κ1) is 12.3. The number of nitrogens with one attached hydrogen (secondary N) is 1. The molecule has 0 saturated heterocycles. The van der Waals surface area contributed by atoms with Crippen LogP contribution in [0.3, 0.4) is 0 Å². The third-order valence-electron chi connectivity index (χ3n) is 2.68. The Kier molecular flexibility index (Phi) is 3.41. The van der Waals surface area contributed by atoms with Gasteiger partial charge in [-0.3, -0.25) is 0 Å². The van der Waals surface area contributed by atoms with Gasteiger partial charge in [-0.1, -0.05) is 0 Å². The summed E-state index contributed by atoms with van der Waals surface area (Å²) in [6.45, 7) is 5.45. The van der Waals surface area contributed by atoms with E-state index < -0.39 is 11.6 Å². The monoisotopic (exact) mass is 219 g/mol. The Morgan fingerprint density at radius 3 is 2.62 bits per heavy atom. The summed E-state index contributed by atoms with van der Waals surface area (Å²) in [7, 11) is 0. The summed E-state index contributed by atoms with van der Waals surface area (Å²) in [5.41, 5.74) is 7.07. The number of benzene rings is 1. The quantitative estimate of drug-likeness (QED) is 0.676. The number of aliphatic hydroxyl groups excluding tert-OH is 1. The van der Waals surface area contributed by atoms with Gasteiger partial charge in [0.1, 0.15) is 0 Å². The topological polar surface area (TPSA) is 82.1 Å². The van der Waals surface area contributed by atoms with Crippen molar-refractivity contribution in [3.8, 4) is 6.07 Å². The van der Waals surface area contributed by atoms with Crippen LogP contribution in [0.25, 0.3) is 0 Å². The number of rotatable bonds is 3. The van der Waals surface area contributed by atoms with Crippen LogP contribution in [0, 0.1) is 11.3 Å². The van der Waals surface area contributed by atoms with Gasteiger partial charge in [-0.25, -0.2) is 0 Å². The van der Waals surface area contributed by atoms with Crippen molar-refractivity contribution in [2.45, 2.75) is 32.4 Å². The van der Waals surface area contributed by atoms with Crippen molar-refractivity contribution in [2.24, 2.45) is 0 Å². The number of aliphatic hydroxyl groups is 1. The molecule has 86 valence electrons. The van der Waals surface area contributed by atoms with Crippen LogP contribution in [0.1, 0.15) is 26.3 Å². The lowest BCUT2D eigenvalue weighted by molar-refractivity contribution is 0.133. The van der Waals surface area contributed by atoms with Crippen molar-refractivity contribution in [2.75, 3.05) is 11.1 Å². The molecule has 0 aliphatic carbocycles. The van der Waals surface area contributed by atoms with E-state index in [4.69, 9.17) is 11.0 Å². The van der Waals surface area contributed by atoms with E-state index in [-0.39, 0.29) is 0 Å². The third kappa shape index (κ3) is 2.65. The van der Waals surface area contributed by atoms with Crippen molar-refractivity contribution < 1.29 is 5.11 Å². The van der Waals surface area contributed by atoms with E-state index >= 15 is 0 Å². The maximum atomic E-state index is 9.59. The van der Waals surface area contributed by atoms with E-state index in [2.05, 4.69) is 11.4 Å². The summed E-state index contributed by atoms with van der Waals surface area (Å²) in [6.07, 6.45) is -0.530. The highest BCUT2D eigenvalue weighted by Crippen LogP contribution is 2.25. The summed E-state index contributed by atoms with van der Waals surface area (Å²) >= 11 is 0. The highest BCUT2D eigenvalue weighted by Gasteiger charge is 2.24. The van der Waals surface area contributed by atoms with Crippen LogP contribution in [-0.2, 0) is 0 Å². The van der Waals surface area contributed by atoms with Crippen LogP contribution < -0.4 is 11.1 Å². The molecule has 4 N–H and O–H groups in total. The average Bonchev–Trinajstić information content (AvgIpc) is 2.21. The van der Waals surface area contributed by atoms with E-state index in [0.29, 0.717) is 16.9 Å². The van der Waals surface area contributed by atoms with Crippen LogP contribution in [0.4, 0.5) is 11.4 Å². The first-order valence-electron chi connectivity index (χ1n) is 5.12. The molecule has 0 bridgehead atoms. The van der Waals surface area contributed by atoms with Gasteiger partial charge in [0.25, 0.3) is 0 Å². The normalized spacial score (nSPS) is 12.9. The van der Waals surface area contributed by atoms with Crippen molar-refractivity contribution >= 4 is 11.4 Å². The lowest BCUT2D eigenvalue weighted by Crippen LogP contribution is -2.42. The van der Waals surface area contributed by atoms with Gasteiger partial charge in [-0.2, -0.15) is 5.26 Å². The van der Waals surface area contributed by atoms with Crippen molar-refractivity contribution in [3.63, 3.8) is 0 Å². The lowest BCUT2D eigenvalue weighted by atomic mass is 9.98. The molecule has 1 aromatic rings. The summed E-state index contributed by atoms with van der Waals surface area (Å²) in [5, 5.41) is 21.5. The first-order chi connectivity index (χ1) is 7.36. The number of anilines is 2. The van der Waals surface area contributed by atoms with E-state index in [0.717, 1.165) is 0 Å². The number of nitrogens with zero attached hydrogens (tertiary/aromatic N) is 1. The number of hydrogen-bond donors (Lipinski definition) is 3. The first-order valence-corrected chi connectivity index (χ1v) is 5.12. The van der Waals surface area contributed by atoms with Crippen molar-refractivity contribution in [3.05, 3.63) is 23.8 Å². The Bertz CT molecular complexity index is 419. The van der Waals surface area contributed by atoms with Gasteiger partial charge < -0.3 is 16.2 Å². The summed E-state index contributed by atoms with van der Waals surface area (Å²) in [4.78, 5) is 0. The van der Waals surface area contributed by atoms with Gasteiger partial charge in [0, 0.05) is 0 Å². The Labute approximate surface area is 95.7 Å². The summed E-state index contributed by atoms with van der Waals surface area (Å²) in [5.74, 6) is 0. The van der Waals surface area contributed by atoms with Crippen LogP contribution in [0.15, 0.2) is 18.2 Å². The fourth-order valence-corrected chi connectivity index (χ4v) is 1.19. The van der Waals surface area contributed by atoms with Gasteiger partial charge in [0.2, 0.25) is 0 Å². The van der Waals surface area contributed by atoms with Crippen LogP contribution in [-0.4, -0.2) is 16.7 Å². The zero-order valence-corrected chi connectivity index (χ0v) is 9.78. The molecule has 16 heavy (non-hydrogen) atoms. The predicted octanol–water partition coefficient (Wildman–Crippen LogP) is 1.71. The molecular formula is C12H17N3O. The Hall–Kier alpha value is -1.73. The second-order valence-corrected chi connectivity index (χ2v) is 4.44. The fraction of sp³-hybridized carbons (Fsp3) is 0.417. The molecular weight excluding hydrogens is 202 g/mol. The van der Waals surface area contributed by atoms with E-state index in [9.17, 15) is 5.11 Å². The molecule has 0 aromatic heterocycles. The van der Waals surface area contributed by atoms with Gasteiger partial charge in [0.05, 0.1) is 34.7 Å². The summed E-state index contributed by atoms with van der Waals surface area (Å²) in [6, 6.07) is 7.07. The molecule has 1 unspecified atom stereocenters. The fourth-order valence-electron chi connectivity index (χ4n) is 1.19. The van der Waals surface area contributed by atoms with Crippen molar-refractivity contribution in [1.29, 1.82) is 5.26 Å². The maximum Gasteiger partial charge on any atom is 0.0992 e. The minimum absolute atomic E-state index is 0.498. The van der Waals surface area contributed by atoms with E-state index in [1.54, 1.807) is 25.1 Å². The highest BCUT2D eigenvalue weighted by molar-refractivity contribution is 5.69. The second-order valence-electron chi connectivity index (χ2n) is 4.44. The maximum absolute atomic E-state index is 9.59. The minimum Gasteiger partial charge on any atom is -0.397 e. The van der Waals surface area contributed by atoms with E-state index in [1.807, 2.05) is 13.8 Å². The molecule has 0 aliphatic rings.